The number of nitrogens with zero attached hydrogens (tertiary/aromatic N) is 3. The van der Waals surface area contributed by atoms with E-state index >= 15 is 0 Å². The minimum atomic E-state index is -0.401. The number of carbonyl (C=O) groups is 2. The fraction of sp³-hybridized carbons (Fsp3) is 0.333. The van der Waals surface area contributed by atoms with Crippen molar-refractivity contribution in [3.8, 4) is 0 Å². The van der Waals surface area contributed by atoms with Gasteiger partial charge in [0.1, 0.15) is 0 Å². The number of aromatic nitrogens is 3. The molecule has 0 fully saturated rings. The number of rotatable bonds is 9. The Morgan fingerprint density at radius 3 is 2.46 bits per heavy atom. The van der Waals surface area contributed by atoms with Crippen molar-refractivity contribution in [3.05, 3.63) is 68.4 Å². The van der Waals surface area contributed by atoms with Crippen molar-refractivity contribution < 1.29 is 9.59 Å². The highest BCUT2D eigenvalue weighted by molar-refractivity contribution is 7.99. The highest BCUT2D eigenvalue weighted by Gasteiger charge is 2.26. The van der Waals surface area contributed by atoms with Crippen LogP contribution in [0.2, 0.25) is 15.1 Å². The van der Waals surface area contributed by atoms with Crippen molar-refractivity contribution in [2.75, 3.05) is 11.1 Å². The van der Waals surface area contributed by atoms with Gasteiger partial charge in [-0.05, 0) is 55.7 Å². The molecular formula is C24H26Cl3N5O2S. The van der Waals surface area contributed by atoms with E-state index in [4.69, 9.17) is 34.8 Å². The summed E-state index contributed by atoms with van der Waals surface area (Å²) >= 11 is 19.4. The van der Waals surface area contributed by atoms with E-state index in [0.717, 1.165) is 5.56 Å². The van der Waals surface area contributed by atoms with Gasteiger partial charge in [-0.15, -0.1) is 10.2 Å². The lowest BCUT2D eigenvalue weighted by atomic mass is 10.0. The summed E-state index contributed by atoms with van der Waals surface area (Å²) in [6.07, 6.45) is 0. The Hall–Kier alpha value is -2.26. The molecule has 0 bridgehead atoms. The Kier molecular flexibility index (Phi) is 9.47. The summed E-state index contributed by atoms with van der Waals surface area (Å²) in [6.45, 7) is 8.41. The predicted octanol–water partition coefficient (Wildman–Crippen LogP) is 6.42. The van der Waals surface area contributed by atoms with Gasteiger partial charge in [-0.3, -0.25) is 9.59 Å². The van der Waals surface area contributed by atoms with Crippen LogP contribution in [-0.2, 0) is 11.3 Å². The molecule has 1 heterocycles. The molecule has 7 nitrogen and oxygen atoms in total. The molecule has 0 unspecified atom stereocenters. The van der Waals surface area contributed by atoms with Gasteiger partial charge in [0.25, 0.3) is 5.91 Å². The largest absolute Gasteiger partial charge is 0.342 e. The minimum Gasteiger partial charge on any atom is -0.342 e. The number of hydrogen-bond acceptors (Lipinski definition) is 5. The Balaban J connectivity index is 1.73. The van der Waals surface area contributed by atoms with Crippen molar-refractivity contribution in [1.82, 2.24) is 20.1 Å². The van der Waals surface area contributed by atoms with Gasteiger partial charge >= 0.3 is 0 Å². The van der Waals surface area contributed by atoms with Gasteiger partial charge in [-0.1, -0.05) is 66.5 Å². The number of halogens is 3. The van der Waals surface area contributed by atoms with E-state index in [9.17, 15) is 9.59 Å². The molecule has 1 atom stereocenters. The van der Waals surface area contributed by atoms with Crippen LogP contribution >= 0.6 is 46.6 Å². The molecule has 186 valence electrons. The Bertz CT molecular complexity index is 1230. The molecule has 2 amide bonds. The molecule has 0 saturated heterocycles. The first kappa shape index (κ1) is 27.3. The number of anilines is 1. The van der Waals surface area contributed by atoms with Crippen molar-refractivity contribution in [2.45, 2.75) is 45.4 Å². The molecule has 2 N–H and O–H groups in total. The van der Waals surface area contributed by atoms with E-state index in [0.29, 0.717) is 43.8 Å². The number of thioether (sulfide) groups is 1. The Labute approximate surface area is 223 Å². The number of benzene rings is 2. The number of aryl methyl sites for hydroxylation is 1. The summed E-state index contributed by atoms with van der Waals surface area (Å²) in [4.78, 5) is 25.4. The second-order valence-electron chi connectivity index (χ2n) is 8.21. The van der Waals surface area contributed by atoms with Crippen molar-refractivity contribution in [1.29, 1.82) is 0 Å². The predicted molar refractivity (Wildman–Crippen MR) is 143 cm³/mol. The number of nitrogens with one attached hydrogen (secondary N) is 2. The second kappa shape index (κ2) is 12.1. The first-order valence-corrected chi connectivity index (χ1v) is 13.1. The van der Waals surface area contributed by atoms with E-state index in [1.54, 1.807) is 24.3 Å². The Morgan fingerprint density at radius 1 is 1.06 bits per heavy atom. The van der Waals surface area contributed by atoms with Crippen molar-refractivity contribution in [2.24, 2.45) is 5.92 Å². The third-order valence-corrected chi connectivity index (χ3v) is 7.22. The topological polar surface area (TPSA) is 88.9 Å². The third-order valence-electron chi connectivity index (χ3n) is 5.28. The van der Waals surface area contributed by atoms with Crippen LogP contribution < -0.4 is 10.6 Å². The van der Waals surface area contributed by atoms with Crippen LogP contribution in [0.5, 0.6) is 0 Å². The highest BCUT2D eigenvalue weighted by atomic mass is 35.5. The smallest absolute Gasteiger partial charge is 0.251 e. The van der Waals surface area contributed by atoms with Crippen LogP contribution in [0, 0.1) is 12.8 Å². The van der Waals surface area contributed by atoms with Crippen LogP contribution in [0.25, 0.3) is 0 Å². The monoisotopic (exact) mass is 553 g/mol. The summed E-state index contributed by atoms with van der Waals surface area (Å²) < 4.78 is 1.91. The van der Waals surface area contributed by atoms with Crippen LogP contribution in [0.3, 0.4) is 0 Å². The van der Waals surface area contributed by atoms with E-state index in [1.165, 1.54) is 17.8 Å². The molecule has 35 heavy (non-hydrogen) atoms. The lowest BCUT2D eigenvalue weighted by molar-refractivity contribution is -0.113. The quantitative estimate of drug-likeness (QED) is 0.298. The van der Waals surface area contributed by atoms with Gasteiger partial charge in [-0.25, -0.2) is 0 Å². The summed E-state index contributed by atoms with van der Waals surface area (Å²) in [5.74, 6) is 0.318. The molecule has 0 radical (unpaired) electrons. The van der Waals surface area contributed by atoms with Crippen LogP contribution in [0.1, 0.15) is 48.6 Å². The lowest BCUT2D eigenvalue weighted by Gasteiger charge is -2.22. The van der Waals surface area contributed by atoms with E-state index in [-0.39, 0.29) is 23.5 Å². The molecule has 3 aromatic rings. The number of hydrogen-bond donors (Lipinski definition) is 2. The molecule has 3 rings (SSSR count). The maximum atomic E-state index is 12.9. The van der Waals surface area contributed by atoms with Gasteiger partial charge in [0.05, 0.1) is 21.8 Å². The third kappa shape index (κ3) is 6.91. The van der Waals surface area contributed by atoms with Gasteiger partial charge in [0.15, 0.2) is 11.0 Å². The van der Waals surface area contributed by atoms with Crippen molar-refractivity contribution >= 4 is 64.1 Å². The van der Waals surface area contributed by atoms with Crippen LogP contribution in [0.15, 0.2) is 41.6 Å². The van der Waals surface area contributed by atoms with Crippen LogP contribution in [-0.4, -0.2) is 32.3 Å². The van der Waals surface area contributed by atoms with Gasteiger partial charge in [-0.2, -0.15) is 0 Å². The number of amides is 2. The van der Waals surface area contributed by atoms with E-state index < -0.39 is 6.04 Å². The molecule has 0 aliphatic carbocycles. The molecule has 0 saturated carbocycles. The van der Waals surface area contributed by atoms with Gasteiger partial charge in [0, 0.05) is 22.8 Å². The summed E-state index contributed by atoms with van der Waals surface area (Å²) in [5, 5.41) is 16.4. The van der Waals surface area contributed by atoms with Gasteiger partial charge < -0.3 is 15.2 Å². The molecule has 1 aromatic heterocycles. The molecular weight excluding hydrogens is 529 g/mol. The zero-order valence-corrected chi connectivity index (χ0v) is 22.8. The molecule has 11 heteroatoms. The normalized spacial score (nSPS) is 12.0. The molecule has 2 aromatic carbocycles. The highest BCUT2D eigenvalue weighted by Crippen LogP contribution is 2.27. The number of carbonyl (C=O) groups excluding carboxylic acids is 2. The zero-order valence-electron chi connectivity index (χ0n) is 19.7. The van der Waals surface area contributed by atoms with Crippen LogP contribution in [0.4, 0.5) is 5.69 Å². The maximum absolute atomic E-state index is 12.9. The fourth-order valence-corrected chi connectivity index (χ4v) is 4.65. The SMILES string of the molecule is CCn1c(SCC(=O)Nc2cc(Cl)ccc2C)nnc1[C@H](NC(=O)c1ccc(Cl)c(Cl)c1)C(C)C. The molecule has 0 aliphatic heterocycles. The first-order chi connectivity index (χ1) is 16.6. The van der Waals surface area contributed by atoms with Crippen molar-refractivity contribution in [3.63, 3.8) is 0 Å². The standard InChI is InChI=1S/C24H26Cl3N5O2S/c1-5-32-22(21(13(2)3)29-23(34)15-7-9-17(26)18(27)10-15)30-31-24(32)35-12-20(33)28-19-11-16(25)8-6-14(19)4/h6-11,13,21H,5,12H2,1-4H3,(H,28,33)(H,29,34)/t21-/m1/s1. The average Bonchev–Trinajstić information content (AvgIpc) is 3.22. The van der Waals surface area contributed by atoms with E-state index in [1.807, 2.05) is 38.3 Å². The maximum Gasteiger partial charge on any atom is 0.251 e. The van der Waals surface area contributed by atoms with Gasteiger partial charge in [0.2, 0.25) is 5.91 Å². The molecule has 0 spiro atoms. The summed E-state index contributed by atoms with van der Waals surface area (Å²) in [7, 11) is 0. The summed E-state index contributed by atoms with van der Waals surface area (Å²) in [5.41, 5.74) is 1.99. The Morgan fingerprint density at radius 2 is 1.80 bits per heavy atom. The lowest BCUT2D eigenvalue weighted by Crippen LogP contribution is -2.33. The van der Waals surface area contributed by atoms with E-state index in [2.05, 4.69) is 20.8 Å². The first-order valence-electron chi connectivity index (χ1n) is 11.0. The minimum absolute atomic E-state index is 0.0307. The second-order valence-corrected chi connectivity index (χ2v) is 10.4. The molecule has 0 aliphatic rings. The average molecular weight is 555 g/mol. The fourth-order valence-electron chi connectivity index (χ4n) is 3.37. The summed E-state index contributed by atoms with van der Waals surface area (Å²) in [6, 6.07) is 9.68. The zero-order chi connectivity index (χ0) is 25.7.